The molecule has 1 aromatic carbocycles. The van der Waals surface area contributed by atoms with Crippen LogP contribution in [-0.4, -0.2) is 29.4 Å². The molecular weight excluding hydrogens is 250 g/mol. The average molecular weight is 271 g/mol. The number of piperidine rings is 1. The number of hydrogen-bond donors (Lipinski definition) is 1. The standard InChI is InChI=1S/C16H21N3O/c1-2-15(20)18-16(13-17)8-10-19(11-9-16)12-14-6-4-3-5-7-14/h3-7H,2,8-12H2,1H3,(H,18,20). The summed E-state index contributed by atoms with van der Waals surface area (Å²) in [6, 6.07) is 12.6. The molecule has 1 fully saturated rings. The maximum Gasteiger partial charge on any atom is 0.220 e. The van der Waals surface area contributed by atoms with Gasteiger partial charge in [-0.25, -0.2) is 0 Å². The van der Waals surface area contributed by atoms with Crippen molar-refractivity contribution in [3.63, 3.8) is 0 Å². The number of nitrogens with one attached hydrogen (secondary N) is 1. The first-order valence-electron chi connectivity index (χ1n) is 7.16. The molecule has 4 nitrogen and oxygen atoms in total. The molecule has 0 aliphatic carbocycles. The van der Waals surface area contributed by atoms with Crippen LogP contribution in [0.3, 0.4) is 0 Å². The number of rotatable bonds is 4. The molecule has 0 saturated carbocycles. The van der Waals surface area contributed by atoms with Crippen molar-refractivity contribution in [2.24, 2.45) is 0 Å². The molecule has 4 heteroatoms. The lowest BCUT2D eigenvalue weighted by Crippen LogP contribution is -2.54. The molecule has 0 spiro atoms. The van der Waals surface area contributed by atoms with Crippen LogP contribution in [0.2, 0.25) is 0 Å². The van der Waals surface area contributed by atoms with Gasteiger partial charge in [0.05, 0.1) is 6.07 Å². The van der Waals surface area contributed by atoms with Gasteiger partial charge in [-0.3, -0.25) is 9.69 Å². The van der Waals surface area contributed by atoms with Gasteiger partial charge in [-0.15, -0.1) is 0 Å². The van der Waals surface area contributed by atoms with Gasteiger partial charge in [-0.1, -0.05) is 37.3 Å². The largest absolute Gasteiger partial charge is 0.338 e. The zero-order valence-corrected chi connectivity index (χ0v) is 11.9. The minimum Gasteiger partial charge on any atom is -0.338 e. The van der Waals surface area contributed by atoms with Crippen LogP contribution in [0.1, 0.15) is 31.7 Å². The van der Waals surface area contributed by atoms with Gasteiger partial charge in [0.2, 0.25) is 5.91 Å². The van der Waals surface area contributed by atoms with Gasteiger partial charge < -0.3 is 5.32 Å². The Morgan fingerprint density at radius 1 is 1.35 bits per heavy atom. The third-order valence-electron chi connectivity index (χ3n) is 3.87. The van der Waals surface area contributed by atoms with E-state index in [9.17, 15) is 10.1 Å². The second-order valence-corrected chi connectivity index (χ2v) is 5.36. The molecule has 1 aliphatic rings. The molecule has 1 N–H and O–H groups in total. The highest BCUT2D eigenvalue weighted by molar-refractivity contribution is 5.76. The maximum absolute atomic E-state index is 11.5. The molecule has 0 aromatic heterocycles. The van der Waals surface area contributed by atoms with E-state index in [0.29, 0.717) is 19.3 Å². The number of likely N-dealkylation sites (tertiary alicyclic amines) is 1. The zero-order valence-electron chi connectivity index (χ0n) is 11.9. The summed E-state index contributed by atoms with van der Waals surface area (Å²) in [5.41, 5.74) is 0.620. The van der Waals surface area contributed by atoms with Crippen LogP contribution < -0.4 is 5.32 Å². The van der Waals surface area contributed by atoms with Crippen molar-refractivity contribution in [2.75, 3.05) is 13.1 Å². The Kier molecular flexibility index (Phi) is 4.75. The Labute approximate surface area is 120 Å². The van der Waals surface area contributed by atoms with Crippen molar-refractivity contribution < 1.29 is 4.79 Å². The molecule has 1 aromatic rings. The molecule has 2 rings (SSSR count). The topological polar surface area (TPSA) is 56.1 Å². The van der Waals surface area contributed by atoms with Crippen LogP contribution in [0.5, 0.6) is 0 Å². The zero-order chi connectivity index (χ0) is 14.4. The van der Waals surface area contributed by atoms with Gasteiger partial charge in [0, 0.05) is 26.1 Å². The Bertz CT molecular complexity index is 484. The molecule has 0 bridgehead atoms. The monoisotopic (exact) mass is 271 g/mol. The van der Waals surface area contributed by atoms with Gasteiger partial charge in [-0.2, -0.15) is 5.26 Å². The molecule has 0 radical (unpaired) electrons. The van der Waals surface area contributed by atoms with Crippen molar-refractivity contribution in [2.45, 2.75) is 38.3 Å². The fraction of sp³-hybridized carbons (Fsp3) is 0.500. The van der Waals surface area contributed by atoms with E-state index in [1.165, 1.54) is 5.56 Å². The number of nitrogens with zero attached hydrogens (tertiary/aromatic N) is 2. The molecule has 0 atom stereocenters. The third-order valence-corrected chi connectivity index (χ3v) is 3.87. The van der Waals surface area contributed by atoms with Gasteiger partial charge in [0.15, 0.2) is 0 Å². The summed E-state index contributed by atoms with van der Waals surface area (Å²) in [6.45, 7) is 4.40. The lowest BCUT2D eigenvalue weighted by molar-refractivity contribution is -0.122. The summed E-state index contributed by atoms with van der Waals surface area (Å²) < 4.78 is 0. The molecule has 20 heavy (non-hydrogen) atoms. The molecule has 1 heterocycles. The van der Waals surface area contributed by atoms with E-state index in [2.05, 4.69) is 28.4 Å². The van der Waals surface area contributed by atoms with Crippen LogP contribution in [0.25, 0.3) is 0 Å². The second kappa shape index (κ2) is 6.53. The first-order valence-corrected chi connectivity index (χ1v) is 7.16. The second-order valence-electron chi connectivity index (χ2n) is 5.36. The fourth-order valence-electron chi connectivity index (χ4n) is 2.55. The Morgan fingerprint density at radius 2 is 2.00 bits per heavy atom. The normalized spacial score (nSPS) is 18.2. The first kappa shape index (κ1) is 14.5. The molecule has 0 unspecified atom stereocenters. The van der Waals surface area contributed by atoms with Crippen LogP contribution in [0.15, 0.2) is 30.3 Å². The smallest absolute Gasteiger partial charge is 0.220 e. The number of amides is 1. The lowest BCUT2D eigenvalue weighted by atomic mass is 9.88. The van der Waals surface area contributed by atoms with Gasteiger partial charge in [0.25, 0.3) is 0 Å². The molecular formula is C16H21N3O. The number of carbonyl (C=O) groups excluding carboxylic acids is 1. The predicted molar refractivity (Wildman–Crippen MR) is 77.7 cm³/mol. The lowest BCUT2D eigenvalue weighted by Gasteiger charge is -2.37. The molecule has 106 valence electrons. The summed E-state index contributed by atoms with van der Waals surface area (Å²) in [6.07, 6.45) is 1.82. The summed E-state index contributed by atoms with van der Waals surface area (Å²) in [5, 5.41) is 12.3. The summed E-state index contributed by atoms with van der Waals surface area (Å²) in [5.74, 6) is -0.0388. The average Bonchev–Trinajstić information content (AvgIpc) is 2.50. The van der Waals surface area contributed by atoms with E-state index < -0.39 is 5.54 Å². The third kappa shape index (κ3) is 3.58. The molecule has 1 saturated heterocycles. The van der Waals surface area contributed by atoms with E-state index in [4.69, 9.17) is 0 Å². The molecule has 1 aliphatic heterocycles. The van der Waals surface area contributed by atoms with Crippen molar-refractivity contribution in [1.29, 1.82) is 5.26 Å². The van der Waals surface area contributed by atoms with Crippen LogP contribution in [0, 0.1) is 11.3 Å². The molecule has 1 amide bonds. The van der Waals surface area contributed by atoms with Crippen molar-refractivity contribution in [3.8, 4) is 6.07 Å². The van der Waals surface area contributed by atoms with Crippen LogP contribution in [-0.2, 0) is 11.3 Å². The highest BCUT2D eigenvalue weighted by atomic mass is 16.1. The van der Waals surface area contributed by atoms with Gasteiger partial charge in [0.1, 0.15) is 5.54 Å². The van der Waals surface area contributed by atoms with E-state index in [0.717, 1.165) is 19.6 Å². The van der Waals surface area contributed by atoms with Crippen LogP contribution in [0.4, 0.5) is 0 Å². The van der Waals surface area contributed by atoms with E-state index >= 15 is 0 Å². The van der Waals surface area contributed by atoms with Gasteiger partial charge in [-0.05, 0) is 18.4 Å². The minimum atomic E-state index is -0.666. The fourth-order valence-corrected chi connectivity index (χ4v) is 2.55. The highest BCUT2D eigenvalue weighted by Crippen LogP contribution is 2.23. The number of carbonyl (C=O) groups is 1. The SMILES string of the molecule is CCC(=O)NC1(C#N)CCN(Cc2ccccc2)CC1. The van der Waals surface area contributed by atoms with Crippen LogP contribution >= 0.6 is 0 Å². The summed E-state index contributed by atoms with van der Waals surface area (Å²) >= 11 is 0. The van der Waals surface area contributed by atoms with E-state index in [1.54, 1.807) is 0 Å². The first-order chi connectivity index (χ1) is 9.67. The Balaban J connectivity index is 1.91. The Morgan fingerprint density at radius 3 is 2.55 bits per heavy atom. The van der Waals surface area contributed by atoms with E-state index in [-0.39, 0.29) is 5.91 Å². The Hall–Kier alpha value is -1.86. The van der Waals surface area contributed by atoms with Crippen molar-refractivity contribution in [1.82, 2.24) is 10.2 Å². The minimum absolute atomic E-state index is 0.0388. The van der Waals surface area contributed by atoms with Crippen molar-refractivity contribution in [3.05, 3.63) is 35.9 Å². The number of nitriles is 1. The van der Waals surface area contributed by atoms with Gasteiger partial charge >= 0.3 is 0 Å². The summed E-state index contributed by atoms with van der Waals surface area (Å²) in [7, 11) is 0. The van der Waals surface area contributed by atoms with Crippen molar-refractivity contribution >= 4 is 5.91 Å². The maximum atomic E-state index is 11.5. The predicted octanol–water partition coefficient (Wildman–Crippen LogP) is 2.07. The number of benzene rings is 1. The highest BCUT2D eigenvalue weighted by Gasteiger charge is 2.35. The van der Waals surface area contributed by atoms with E-state index in [1.807, 2.05) is 25.1 Å². The quantitative estimate of drug-likeness (QED) is 0.912. The number of hydrogen-bond acceptors (Lipinski definition) is 3. The summed E-state index contributed by atoms with van der Waals surface area (Å²) in [4.78, 5) is 13.9.